The van der Waals surface area contributed by atoms with E-state index >= 15 is 0 Å². The maximum atomic E-state index is 4.74. The van der Waals surface area contributed by atoms with Gasteiger partial charge in [0.2, 0.25) is 0 Å². The van der Waals surface area contributed by atoms with E-state index in [1.807, 2.05) is 122 Å². The van der Waals surface area contributed by atoms with Crippen molar-refractivity contribution in [2.75, 3.05) is 0 Å². The second-order valence-corrected chi connectivity index (χ2v) is 7.27. The third kappa shape index (κ3) is 5.36. The summed E-state index contributed by atoms with van der Waals surface area (Å²) in [6.07, 6.45) is 7.40. The van der Waals surface area contributed by atoms with Crippen molar-refractivity contribution in [1.29, 1.82) is 0 Å². The molecule has 0 radical (unpaired) electrons. The number of rotatable bonds is 0. The number of para-hydroxylation sites is 4. The molecule has 33 heavy (non-hydrogen) atoms. The molecular weight excluding hydrogens is 587 g/mol. The summed E-state index contributed by atoms with van der Waals surface area (Å²) in [5.74, 6) is 0. The van der Waals surface area contributed by atoms with Crippen molar-refractivity contribution in [2.24, 2.45) is 20.0 Å². The summed E-state index contributed by atoms with van der Waals surface area (Å²) in [4.78, 5) is 19.0. The predicted octanol–water partition coefficient (Wildman–Crippen LogP) is 0.229. The predicted molar refractivity (Wildman–Crippen MR) is 127 cm³/mol. The van der Waals surface area contributed by atoms with Gasteiger partial charge in [0.15, 0.2) is 0 Å². The molecule has 0 N–H and O–H groups in total. The van der Waals surface area contributed by atoms with Gasteiger partial charge in [-0.25, -0.2) is 0 Å². The van der Waals surface area contributed by atoms with Gasteiger partial charge < -0.3 is 0 Å². The van der Waals surface area contributed by atoms with Gasteiger partial charge in [0, 0.05) is 45.7 Å². The first-order valence-corrected chi connectivity index (χ1v) is 10.4. The molecule has 0 unspecified atom stereocenters. The van der Waals surface area contributed by atoms with E-state index in [0.29, 0.717) is 0 Å². The molecule has 0 saturated heterocycles. The molecule has 1 heterocycles. The van der Waals surface area contributed by atoms with Gasteiger partial charge in [0.05, 0.1) is 21.4 Å². The van der Waals surface area contributed by atoms with E-state index in [1.165, 1.54) is 0 Å². The summed E-state index contributed by atoms with van der Waals surface area (Å²) < 4.78 is 0. The number of hydrogen-bond donors (Lipinski definition) is 0. The van der Waals surface area contributed by atoms with E-state index in [4.69, 9.17) is 20.0 Å². The first-order valence-electron chi connectivity index (χ1n) is 10.4. The van der Waals surface area contributed by atoms with Gasteiger partial charge in [0.25, 0.3) is 0 Å². The molecule has 5 heteroatoms. The zero-order chi connectivity index (χ0) is 21.6. The fourth-order valence-electron chi connectivity index (χ4n) is 3.41. The van der Waals surface area contributed by atoms with Gasteiger partial charge >= 0.3 is 21.1 Å². The van der Waals surface area contributed by atoms with Gasteiger partial charge in [-0.15, -0.1) is 0 Å². The zero-order valence-corrected chi connectivity index (χ0v) is 19.9. The van der Waals surface area contributed by atoms with Crippen molar-refractivity contribution in [2.45, 2.75) is 0 Å². The Morgan fingerprint density at radius 1 is 0.303 bits per heavy atom. The second kappa shape index (κ2) is 10.7. The van der Waals surface area contributed by atoms with Crippen LogP contribution in [0.3, 0.4) is 0 Å². The minimum atomic E-state index is 0. The van der Waals surface area contributed by atoms with Crippen LogP contribution in [0, 0.1) is 0 Å². The summed E-state index contributed by atoms with van der Waals surface area (Å²) in [6, 6.07) is 31.8. The molecule has 0 atom stereocenters. The Labute approximate surface area is 204 Å². The van der Waals surface area contributed by atoms with Crippen LogP contribution >= 0.6 is 0 Å². The molecule has 0 bridgehead atoms. The maximum Gasteiger partial charge on any atom is 2.00 e. The van der Waals surface area contributed by atoms with E-state index in [2.05, 4.69) is 0 Å². The summed E-state index contributed by atoms with van der Waals surface area (Å²) in [5, 5.41) is 7.14. The van der Waals surface area contributed by atoms with Gasteiger partial charge in [-0.3, -0.25) is 20.0 Å². The standard InChI is InChI=1S/C28H20N4.Pt/c1-5-13-25-21(9-1)17-29-26-14-6-2-11-23(26)19-31-28-16-8-4-12-24(28)20-32-27-15-7-3-10-22(27)18-30-25;/h1-20H;/q;+2/b21-17-,22-18-,23-19-,24-20-,29-17?,29-26-,30-18?,30-25-,31-19?,31-28+,32-20?,32-27+;. The molecule has 5 rings (SSSR count). The largest absolute Gasteiger partial charge is 2.00 e. The van der Waals surface area contributed by atoms with Crippen molar-refractivity contribution >= 4 is 24.8 Å². The van der Waals surface area contributed by atoms with Crippen molar-refractivity contribution in [1.82, 2.24) is 0 Å². The second-order valence-electron chi connectivity index (χ2n) is 7.27. The third-order valence-electron chi connectivity index (χ3n) is 5.12. The molecule has 0 spiro atoms. The van der Waals surface area contributed by atoms with Gasteiger partial charge in [-0.1, -0.05) is 72.8 Å². The summed E-state index contributed by atoms with van der Waals surface area (Å²) in [7, 11) is 0. The number of fused-ring (bicyclic) bond motifs is 4. The van der Waals surface area contributed by atoms with Crippen molar-refractivity contribution in [3.05, 3.63) is 139 Å². The van der Waals surface area contributed by atoms with Gasteiger partial charge in [-0.05, 0) is 24.3 Å². The SMILES string of the molecule is C1=c2/cccc/c2=N/C=c2/cccc/c2=N\C=c2\cccc\c2=N/C=c2/cccc/c2=N/1.[Pt+2]. The Hall–Kier alpha value is -3.75. The van der Waals surface area contributed by atoms with Crippen molar-refractivity contribution < 1.29 is 21.1 Å². The Balaban J connectivity index is 0.00000259. The van der Waals surface area contributed by atoms with Crippen LogP contribution in [0.2, 0.25) is 0 Å². The van der Waals surface area contributed by atoms with Crippen LogP contribution < -0.4 is 42.3 Å². The molecule has 160 valence electrons. The Morgan fingerprint density at radius 2 is 0.515 bits per heavy atom. The van der Waals surface area contributed by atoms with Crippen LogP contribution in [0.25, 0.3) is 24.8 Å². The van der Waals surface area contributed by atoms with Crippen LogP contribution in [-0.4, -0.2) is 0 Å². The minimum Gasteiger partial charge on any atom is -0.256 e. The van der Waals surface area contributed by atoms with E-state index in [-0.39, 0.29) is 21.1 Å². The first-order chi connectivity index (χ1) is 15.9. The smallest absolute Gasteiger partial charge is 0.256 e. The van der Waals surface area contributed by atoms with Crippen molar-refractivity contribution in [3.63, 3.8) is 0 Å². The zero-order valence-electron chi connectivity index (χ0n) is 17.7. The third-order valence-corrected chi connectivity index (χ3v) is 5.12. The number of hydrogen-bond acceptors (Lipinski definition) is 4. The Bertz CT molecular complexity index is 1390. The quantitative estimate of drug-likeness (QED) is 0.275. The monoisotopic (exact) mass is 607 g/mol. The van der Waals surface area contributed by atoms with E-state index in [0.717, 1.165) is 42.3 Å². The molecule has 0 fully saturated rings. The summed E-state index contributed by atoms with van der Waals surface area (Å²) >= 11 is 0. The van der Waals surface area contributed by atoms with Crippen molar-refractivity contribution in [3.8, 4) is 0 Å². The fourth-order valence-corrected chi connectivity index (χ4v) is 3.41. The molecule has 0 aliphatic carbocycles. The molecule has 1 aliphatic heterocycles. The average Bonchev–Trinajstić information content (AvgIpc) is 2.85. The molecule has 0 amide bonds. The topological polar surface area (TPSA) is 49.4 Å². The average molecular weight is 608 g/mol. The molecule has 0 aromatic heterocycles. The van der Waals surface area contributed by atoms with Crippen LogP contribution in [0.4, 0.5) is 0 Å². The molecule has 4 nitrogen and oxygen atoms in total. The summed E-state index contributed by atoms with van der Waals surface area (Å²) in [5.41, 5.74) is 0. The molecular formula is C28H20N4Pt+2. The molecule has 4 aromatic carbocycles. The number of benzene rings is 4. The van der Waals surface area contributed by atoms with Gasteiger partial charge in [-0.2, -0.15) is 0 Å². The maximum absolute atomic E-state index is 4.74. The van der Waals surface area contributed by atoms with Crippen LogP contribution in [0.15, 0.2) is 117 Å². The normalized spacial score (nSPS) is 20.4. The Kier molecular flexibility index (Phi) is 7.29. The molecule has 4 aromatic rings. The van der Waals surface area contributed by atoms with Gasteiger partial charge in [0.1, 0.15) is 0 Å². The fraction of sp³-hybridized carbons (Fsp3) is 0. The van der Waals surface area contributed by atoms with E-state index in [9.17, 15) is 0 Å². The van der Waals surface area contributed by atoms with E-state index < -0.39 is 0 Å². The van der Waals surface area contributed by atoms with E-state index in [1.54, 1.807) is 0 Å². The van der Waals surface area contributed by atoms with Crippen LogP contribution in [0.5, 0.6) is 0 Å². The Morgan fingerprint density at radius 3 is 0.758 bits per heavy atom. The van der Waals surface area contributed by atoms with Crippen LogP contribution in [0.1, 0.15) is 0 Å². The number of nitrogens with zero attached hydrogens (tertiary/aromatic N) is 4. The van der Waals surface area contributed by atoms with Crippen LogP contribution in [-0.2, 0) is 21.1 Å². The summed E-state index contributed by atoms with van der Waals surface area (Å²) in [6.45, 7) is 0. The first kappa shape index (κ1) is 22.4. The molecule has 1 aliphatic rings. The molecule has 0 saturated carbocycles. The minimum absolute atomic E-state index is 0.